The summed E-state index contributed by atoms with van der Waals surface area (Å²) in [6.45, 7) is 13.8. The monoisotopic (exact) mass is 458 g/mol. The summed E-state index contributed by atoms with van der Waals surface area (Å²) in [6.07, 6.45) is 0. The summed E-state index contributed by atoms with van der Waals surface area (Å²) >= 11 is 0. The van der Waals surface area contributed by atoms with E-state index in [0.29, 0.717) is 13.1 Å². The number of nitrogens with zero attached hydrogens (tertiary/aromatic N) is 5. The second-order valence-corrected chi connectivity index (χ2v) is 10.4. The molecule has 0 bridgehead atoms. The highest BCUT2D eigenvalue weighted by molar-refractivity contribution is 5.81. The van der Waals surface area contributed by atoms with Crippen molar-refractivity contribution < 1.29 is 0 Å². The van der Waals surface area contributed by atoms with Crippen molar-refractivity contribution in [2.75, 3.05) is 0 Å². The summed E-state index contributed by atoms with van der Waals surface area (Å²) in [5, 5.41) is 13.8. The first kappa shape index (κ1) is 23.8. The number of aryl methyl sites for hydroxylation is 1. The zero-order valence-electron chi connectivity index (χ0n) is 20.9. The summed E-state index contributed by atoms with van der Waals surface area (Å²) in [5.74, 6) is 1.03. The van der Waals surface area contributed by atoms with Crippen molar-refractivity contribution in [2.24, 2.45) is 5.92 Å². The van der Waals surface area contributed by atoms with Crippen LogP contribution in [-0.4, -0.2) is 30.1 Å². The van der Waals surface area contributed by atoms with Crippen LogP contribution in [0.1, 0.15) is 63.2 Å². The highest BCUT2D eigenvalue weighted by atomic mass is 16.1. The van der Waals surface area contributed by atoms with Crippen LogP contribution in [-0.2, 0) is 18.6 Å². The molecule has 0 saturated heterocycles. The molecule has 0 unspecified atom stereocenters. The smallest absolute Gasteiger partial charge is 0.252 e. The maximum Gasteiger partial charge on any atom is 0.252 e. The molecule has 0 radical (unpaired) electrons. The highest BCUT2D eigenvalue weighted by Crippen LogP contribution is 2.32. The first-order valence-electron chi connectivity index (χ1n) is 11.8. The summed E-state index contributed by atoms with van der Waals surface area (Å²) < 4.78 is 1.91. The molecule has 1 atom stereocenters. The zero-order valence-corrected chi connectivity index (χ0v) is 20.9. The Bertz CT molecular complexity index is 1320. The van der Waals surface area contributed by atoms with Crippen LogP contribution in [0.25, 0.3) is 10.9 Å². The van der Waals surface area contributed by atoms with Gasteiger partial charge in [-0.1, -0.05) is 62.4 Å². The van der Waals surface area contributed by atoms with Crippen LogP contribution >= 0.6 is 0 Å². The number of benzene rings is 2. The van der Waals surface area contributed by atoms with Crippen LogP contribution in [0.15, 0.2) is 59.4 Å². The molecule has 0 aliphatic carbocycles. The van der Waals surface area contributed by atoms with Crippen LogP contribution in [0.3, 0.4) is 0 Å². The molecule has 4 aromatic rings. The fraction of sp³-hybridized carbons (Fsp3) is 0.407. The van der Waals surface area contributed by atoms with Gasteiger partial charge in [0.2, 0.25) is 0 Å². The molecule has 7 nitrogen and oxygen atoms in total. The molecule has 0 spiro atoms. The first-order valence-corrected chi connectivity index (χ1v) is 11.8. The minimum absolute atomic E-state index is 0.0576. The van der Waals surface area contributed by atoms with Gasteiger partial charge >= 0.3 is 0 Å². The Morgan fingerprint density at radius 3 is 2.44 bits per heavy atom. The number of hydrogen-bond acceptors (Lipinski definition) is 5. The molecule has 0 saturated carbocycles. The number of fused-ring (bicyclic) bond motifs is 1. The maximum atomic E-state index is 13.2. The van der Waals surface area contributed by atoms with Crippen LogP contribution in [0.5, 0.6) is 0 Å². The number of H-pyrrole nitrogens is 1. The average Bonchev–Trinajstić information content (AvgIpc) is 3.25. The lowest BCUT2D eigenvalue weighted by Gasteiger charge is -2.35. The quantitative estimate of drug-likeness (QED) is 0.423. The molecule has 0 amide bonds. The number of aromatic amines is 1. The summed E-state index contributed by atoms with van der Waals surface area (Å²) in [4.78, 5) is 18.6. The third-order valence-electron chi connectivity index (χ3n) is 6.19. The lowest BCUT2D eigenvalue weighted by atomic mass is 9.98. The number of para-hydroxylation sites is 1. The minimum atomic E-state index is -0.262. The second kappa shape index (κ2) is 9.50. The van der Waals surface area contributed by atoms with Gasteiger partial charge in [-0.3, -0.25) is 9.69 Å². The van der Waals surface area contributed by atoms with Crippen molar-refractivity contribution in [1.29, 1.82) is 0 Å². The summed E-state index contributed by atoms with van der Waals surface area (Å²) in [5.41, 5.74) is 3.54. The molecular formula is C27H34N6O. The Morgan fingerprint density at radius 1 is 1.03 bits per heavy atom. The van der Waals surface area contributed by atoms with Gasteiger partial charge in [-0.2, -0.15) is 0 Å². The zero-order chi connectivity index (χ0) is 24.5. The normalized spacial score (nSPS) is 13.2. The third kappa shape index (κ3) is 4.94. The Balaban J connectivity index is 1.81. The molecule has 0 aliphatic rings. The molecular weight excluding hydrogens is 424 g/mol. The van der Waals surface area contributed by atoms with Crippen molar-refractivity contribution in [1.82, 2.24) is 30.1 Å². The molecule has 0 aliphatic heterocycles. The standard InChI is InChI=1S/C27H34N6O/c1-18(2)24(25-29-30-31-33(25)27(4,5)6)32(16-20-12-8-7-9-13-20)17-22-15-21-14-10-11-19(3)23(21)28-26(22)34/h7-15,18,24H,16-17H2,1-6H3,(H,28,34)/t24-/m1/s1. The van der Waals surface area contributed by atoms with E-state index in [0.717, 1.165) is 27.9 Å². The summed E-state index contributed by atoms with van der Waals surface area (Å²) in [7, 11) is 0. The fourth-order valence-electron chi connectivity index (χ4n) is 4.57. The summed E-state index contributed by atoms with van der Waals surface area (Å²) in [6, 6.07) is 18.4. The van der Waals surface area contributed by atoms with E-state index in [9.17, 15) is 4.79 Å². The van der Waals surface area contributed by atoms with Gasteiger partial charge < -0.3 is 4.98 Å². The minimum Gasteiger partial charge on any atom is -0.321 e. The van der Waals surface area contributed by atoms with Gasteiger partial charge in [-0.05, 0) is 66.6 Å². The van der Waals surface area contributed by atoms with E-state index in [1.165, 1.54) is 5.56 Å². The van der Waals surface area contributed by atoms with E-state index in [1.54, 1.807) is 0 Å². The second-order valence-electron chi connectivity index (χ2n) is 10.4. The predicted molar refractivity (Wildman–Crippen MR) is 135 cm³/mol. The lowest BCUT2D eigenvalue weighted by molar-refractivity contribution is 0.120. The topological polar surface area (TPSA) is 79.7 Å². The Labute approximate surface area is 200 Å². The van der Waals surface area contributed by atoms with Crippen molar-refractivity contribution in [3.63, 3.8) is 0 Å². The van der Waals surface area contributed by atoms with Gasteiger partial charge in [0.15, 0.2) is 5.82 Å². The van der Waals surface area contributed by atoms with Crippen LogP contribution in [0.4, 0.5) is 0 Å². The van der Waals surface area contributed by atoms with Crippen molar-refractivity contribution in [3.8, 4) is 0 Å². The molecule has 2 aromatic carbocycles. The number of pyridine rings is 1. The van der Waals surface area contributed by atoms with Gasteiger partial charge in [0.25, 0.3) is 5.56 Å². The van der Waals surface area contributed by atoms with Crippen LogP contribution in [0, 0.1) is 12.8 Å². The van der Waals surface area contributed by atoms with Crippen molar-refractivity contribution in [2.45, 2.75) is 66.2 Å². The molecule has 2 heterocycles. The highest BCUT2D eigenvalue weighted by Gasteiger charge is 2.32. The molecule has 1 N–H and O–H groups in total. The number of rotatable bonds is 7. The largest absolute Gasteiger partial charge is 0.321 e. The molecule has 178 valence electrons. The van der Waals surface area contributed by atoms with Gasteiger partial charge in [0.1, 0.15) is 0 Å². The van der Waals surface area contributed by atoms with Crippen molar-refractivity contribution >= 4 is 10.9 Å². The molecule has 34 heavy (non-hydrogen) atoms. The lowest BCUT2D eigenvalue weighted by Crippen LogP contribution is -2.37. The molecule has 4 rings (SSSR count). The Kier molecular flexibility index (Phi) is 6.66. The Morgan fingerprint density at radius 2 is 1.76 bits per heavy atom. The number of aromatic nitrogens is 5. The van der Waals surface area contributed by atoms with E-state index in [2.05, 4.69) is 72.2 Å². The van der Waals surface area contributed by atoms with E-state index in [-0.39, 0.29) is 23.1 Å². The third-order valence-corrected chi connectivity index (χ3v) is 6.19. The number of tetrazole rings is 1. The first-order chi connectivity index (χ1) is 16.1. The van der Waals surface area contributed by atoms with Gasteiger partial charge in [-0.15, -0.1) is 5.10 Å². The average molecular weight is 459 g/mol. The van der Waals surface area contributed by atoms with Gasteiger partial charge in [0.05, 0.1) is 17.1 Å². The molecule has 7 heteroatoms. The number of nitrogens with one attached hydrogen (secondary N) is 1. The number of hydrogen-bond donors (Lipinski definition) is 1. The maximum absolute atomic E-state index is 13.2. The molecule has 0 fully saturated rings. The van der Waals surface area contributed by atoms with E-state index in [4.69, 9.17) is 0 Å². The van der Waals surface area contributed by atoms with E-state index in [1.807, 2.05) is 54.1 Å². The van der Waals surface area contributed by atoms with Gasteiger partial charge in [-0.25, -0.2) is 4.68 Å². The van der Waals surface area contributed by atoms with Crippen LogP contribution in [0.2, 0.25) is 0 Å². The SMILES string of the molecule is Cc1cccc2cc(CN(Cc3ccccc3)[C@@H](c3nnnn3C(C)(C)C)C(C)C)c(=O)[nH]c12. The van der Waals surface area contributed by atoms with Gasteiger partial charge in [0, 0.05) is 18.7 Å². The van der Waals surface area contributed by atoms with Crippen LogP contribution < -0.4 is 5.56 Å². The van der Waals surface area contributed by atoms with Crippen molar-refractivity contribution in [3.05, 3.63) is 87.5 Å². The predicted octanol–water partition coefficient (Wildman–Crippen LogP) is 4.98. The van der Waals surface area contributed by atoms with E-state index < -0.39 is 0 Å². The molecule has 2 aromatic heterocycles. The Hall–Kier alpha value is -3.32. The van der Waals surface area contributed by atoms with E-state index >= 15 is 0 Å². The fourth-order valence-corrected chi connectivity index (χ4v) is 4.57.